The predicted molar refractivity (Wildman–Crippen MR) is 125 cm³/mol. The van der Waals surface area contributed by atoms with Crippen LogP contribution in [-0.4, -0.2) is 67.6 Å². The number of halogens is 6. The molecule has 37 heavy (non-hydrogen) atoms. The van der Waals surface area contributed by atoms with Gasteiger partial charge in [0.05, 0.1) is 5.69 Å². The first kappa shape index (κ1) is 29.2. The molecule has 0 aliphatic carbocycles. The molecule has 0 unspecified atom stereocenters. The number of thiophene rings is 1. The number of alkyl halides is 6. The van der Waals surface area contributed by atoms with Gasteiger partial charge in [0.2, 0.25) is 0 Å². The fourth-order valence-corrected chi connectivity index (χ4v) is 6.22. The summed E-state index contributed by atoms with van der Waals surface area (Å²) in [6, 6.07) is 5.06. The summed E-state index contributed by atoms with van der Waals surface area (Å²) < 4.78 is 108. The maximum atomic E-state index is 13.4. The number of rotatable bonds is 5. The number of aliphatic hydroxyl groups is 2. The Balaban J connectivity index is 2.00. The highest BCUT2D eigenvalue weighted by molar-refractivity contribution is 7.91. The van der Waals surface area contributed by atoms with Crippen LogP contribution in [0, 0.1) is 17.8 Å². The second-order valence-corrected chi connectivity index (χ2v) is 11.8. The zero-order valence-electron chi connectivity index (χ0n) is 19.6. The minimum absolute atomic E-state index is 0.0124. The largest absolute Gasteiger partial charge is 0.430 e. The fourth-order valence-electron chi connectivity index (χ4n) is 3.65. The smallest absolute Gasteiger partial charge is 0.380 e. The highest BCUT2D eigenvalue weighted by Gasteiger charge is 2.71. The van der Waals surface area contributed by atoms with Crippen LogP contribution in [0.4, 0.5) is 32.0 Å². The molecule has 2 aromatic rings. The standard InChI is InChI=1S/C23H24F6N2O4S2/c1-15(2)19(32)8-5-16-14-17(21(33,22(24,25)26)23(27,28)29)6-7-18(16)30-9-11-31(12-10-30)37(34,35)20-4-3-13-36-20/h3-4,6-7,13-15,19,32-33H,9-12H2,1-2H3/t19-/m0/s1. The van der Waals surface area contributed by atoms with Crippen molar-refractivity contribution >= 4 is 27.0 Å². The molecule has 1 aliphatic heterocycles. The molecule has 0 spiro atoms. The van der Waals surface area contributed by atoms with Crippen LogP contribution < -0.4 is 4.90 Å². The van der Waals surface area contributed by atoms with Gasteiger partial charge >= 0.3 is 12.4 Å². The zero-order valence-corrected chi connectivity index (χ0v) is 21.3. The average molecular weight is 571 g/mol. The Morgan fingerprint density at radius 2 is 1.59 bits per heavy atom. The lowest BCUT2D eigenvalue weighted by atomic mass is 9.90. The summed E-state index contributed by atoms with van der Waals surface area (Å²) in [5.41, 5.74) is -6.75. The van der Waals surface area contributed by atoms with Crippen LogP contribution in [0.3, 0.4) is 0 Å². The molecule has 2 N–H and O–H groups in total. The number of benzene rings is 1. The Morgan fingerprint density at radius 3 is 2.08 bits per heavy atom. The lowest BCUT2D eigenvalue weighted by molar-refractivity contribution is -0.376. The molecular weight excluding hydrogens is 546 g/mol. The van der Waals surface area contributed by atoms with Gasteiger partial charge in [0, 0.05) is 37.3 Å². The van der Waals surface area contributed by atoms with Crippen molar-refractivity contribution in [2.45, 2.75) is 42.1 Å². The second kappa shape index (κ2) is 10.5. The topological polar surface area (TPSA) is 81.1 Å². The van der Waals surface area contributed by atoms with Crippen molar-refractivity contribution in [3.63, 3.8) is 0 Å². The molecule has 1 aliphatic rings. The summed E-state index contributed by atoms with van der Waals surface area (Å²) >= 11 is 1.05. The molecule has 14 heteroatoms. The number of aliphatic hydroxyl groups excluding tert-OH is 1. The monoisotopic (exact) mass is 570 g/mol. The van der Waals surface area contributed by atoms with Crippen molar-refractivity contribution < 1.29 is 45.0 Å². The van der Waals surface area contributed by atoms with E-state index >= 15 is 0 Å². The van der Waals surface area contributed by atoms with E-state index in [2.05, 4.69) is 11.8 Å². The summed E-state index contributed by atoms with van der Waals surface area (Å²) in [5, 5.41) is 21.5. The number of nitrogens with zero attached hydrogens (tertiary/aromatic N) is 2. The van der Waals surface area contributed by atoms with Crippen molar-refractivity contribution in [1.82, 2.24) is 4.31 Å². The minimum Gasteiger partial charge on any atom is -0.380 e. The molecule has 0 radical (unpaired) electrons. The molecule has 1 atom stereocenters. The van der Waals surface area contributed by atoms with Crippen LogP contribution in [0.15, 0.2) is 39.9 Å². The van der Waals surface area contributed by atoms with Gasteiger partial charge in [-0.05, 0) is 29.5 Å². The molecule has 1 aromatic heterocycles. The summed E-state index contributed by atoms with van der Waals surface area (Å²) in [6.07, 6.45) is -13.4. The minimum atomic E-state index is -6.07. The van der Waals surface area contributed by atoms with E-state index in [4.69, 9.17) is 0 Å². The lowest BCUT2D eigenvalue weighted by Crippen LogP contribution is -2.54. The predicted octanol–water partition coefficient (Wildman–Crippen LogP) is 3.94. The molecule has 1 saturated heterocycles. The Morgan fingerprint density at radius 1 is 1.00 bits per heavy atom. The maximum absolute atomic E-state index is 13.4. The van der Waals surface area contributed by atoms with E-state index in [0.717, 1.165) is 17.4 Å². The van der Waals surface area contributed by atoms with Crippen LogP contribution in [-0.2, 0) is 15.6 Å². The van der Waals surface area contributed by atoms with Crippen LogP contribution in [0.1, 0.15) is 25.0 Å². The molecule has 3 rings (SSSR count). The first-order valence-corrected chi connectivity index (χ1v) is 13.3. The van der Waals surface area contributed by atoms with Gasteiger partial charge in [-0.25, -0.2) is 8.42 Å². The number of hydrogen-bond donors (Lipinski definition) is 2. The van der Waals surface area contributed by atoms with Gasteiger partial charge in [-0.1, -0.05) is 37.8 Å². The van der Waals surface area contributed by atoms with Crippen molar-refractivity contribution in [1.29, 1.82) is 0 Å². The van der Waals surface area contributed by atoms with Gasteiger partial charge < -0.3 is 15.1 Å². The van der Waals surface area contributed by atoms with Crippen molar-refractivity contribution in [3.05, 3.63) is 46.8 Å². The van der Waals surface area contributed by atoms with E-state index < -0.39 is 39.6 Å². The van der Waals surface area contributed by atoms with Gasteiger partial charge in [0.25, 0.3) is 15.6 Å². The summed E-state index contributed by atoms with van der Waals surface area (Å²) in [5.74, 6) is 4.50. The van der Waals surface area contributed by atoms with Gasteiger partial charge in [-0.2, -0.15) is 30.6 Å². The van der Waals surface area contributed by atoms with Gasteiger partial charge in [0.15, 0.2) is 0 Å². The fraction of sp³-hybridized carbons (Fsp3) is 0.478. The Hall–Kier alpha value is -2.31. The lowest BCUT2D eigenvalue weighted by Gasteiger charge is -2.36. The SMILES string of the molecule is CC(C)[C@@H](O)C#Cc1cc(C(O)(C(F)(F)F)C(F)(F)F)ccc1N1CCN(S(=O)(=O)c2cccs2)CC1. The van der Waals surface area contributed by atoms with E-state index in [1.165, 1.54) is 10.4 Å². The maximum Gasteiger partial charge on any atom is 0.430 e. The zero-order chi connectivity index (χ0) is 27.8. The molecule has 0 amide bonds. The van der Waals surface area contributed by atoms with E-state index in [1.807, 2.05) is 0 Å². The third kappa shape index (κ3) is 5.75. The molecular formula is C23H24F6N2O4S2. The quantitative estimate of drug-likeness (QED) is 0.421. The summed E-state index contributed by atoms with van der Waals surface area (Å²) in [6.45, 7) is 3.42. The van der Waals surface area contributed by atoms with Crippen LogP contribution in [0.2, 0.25) is 0 Å². The number of anilines is 1. The molecule has 1 aromatic carbocycles. The summed E-state index contributed by atoms with van der Waals surface area (Å²) in [7, 11) is -3.74. The first-order chi connectivity index (χ1) is 17.0. The highest BCUT2D eigenvalue weighted by atomic mass is 32.2. The number of piperazine rings is 1. The van der Waals surface area contributed by atoms with E-state index in [-0.39, 0.29) is 47.6 Å². The second-order valence-electron chi connectivity index (χ2n) is 8.72. The van der Waals surface area contributed by atoms with Crippen LogP contribution in [0.5, 0.6) is 0 Å². The van der Waals surface area contributed by atoms with Crippen LogP contribution >= 0.6 is 11.3 Å². The van der Waals surface area contributed by atoms with Gasteiger partial charge in [-0.3, -0.25) is 0 Å². The molecule has 6 nitrogen and oxygen atoms in total. The van der Waals surface area contributed by atoms with Gasteiger partial charge in [0.1, 0.15) is 10.3 Å². The normalized spacial score (nSPS) is 17.0. The Bertz CT molecular complexity index is 1240. The molecule has 2 heterocycles. The van der Waals surface area contributed by atoms with Crippen LogP contribution in [0.25, 0.3) is 0 Å². The average Bonchev–Trinajstić information content (AvgIpc) is 3.36. The molecule has 1 fully saturated rings. The molecule has 204 valence electrons. The van der Waals surface area contributed by atoms with E-state index in [0.29, 0.717) is 12.1 Å². The summed E-state index contributed by atoms with van der Waals surface area (Å²) in [4.78, 5) is 1.58. The Labute approximate surface area is 214 Å². The number of hydrogen-bond acceptors (Lipinski definition) is 6. The first-order valence-electron chi connectivity index (χ1n) is 11.0. The molecule has 0 saturated carbocycles. The van der Waals surface area contributed by atoms with E-state index in [1.54, 1.807) is 30.2 Å². The third-order valence-electron chi connectivity index (χ3n) is 5.89. The van der Waals surface area contributed by atoms with Crippen molar-refractivity contribution in [3.8, 4) is 11.8 Å². The highest BCUT2D eigenvalue weighted by Crippen LogP contribution is 2.50. The van der Waals surface area contributed by atoms with Crippen molar-refractivity contribution in [2.24, 2.45) is 5.92 Å². The number of sulfonamides is 1. The van der Waals surface area contributed by atoms with E-state index in [9.17, 15) is 45.0 Å². The third-order valence-corrected chi connectivity index (χ3v) is 9.16. The van der Waals surface area contributed by atoms with Crippen molar-refractivity contribution in [2.75, 3.05) is 31.1 Å². The Kier molecular flexibility index (Phi) is 8.26. The van der Waals surface area contributed by atoms with Gasteiger partial charge in [-0.15, -0.1) is 11.3 Å². The molecule has 0 bridgehead atoms.